The molecule has 2 rings (SSSR count). The van der Waals surface area contributed by atoms with E-state index in [0.717, 1.165) is 12.8 Å². The maximum absolute atomic E-state index is 9.01. The van der Waals surface area contributed by atoms with Crippen molar-refractivity contribution < 1.29 is 14.8 Å². The fourth-order valence-electron chi connectivity index (χ4n) is 1.87. The van der Waals surface area contributed by atoms with Crippen LogP contribution in [0.4, 0.5) is 11.5 Å². The summed E-state index contributed by atoms with van der Waals surface area (Å²) in [4.78, 5) is 7.21. The van der Waals surface area contributed by atoms with E-state index in [1.54, 1.807) is 6.07 Å². The number of nitrogens with zero attached hydrogens (tertiary/aromatic N) is 2. The second-order valence-corrected chi connectivity index (χ2v) is 4.12. The van der Waals surface area contributed by atoms with E-state index < -0.39 is 7.12 Å². The lowest BCUT2D eigenvalue weighted by atomic mass is 9.85. The van der Waals surface area contributed by atoms with Crippen LogP contribution >= 0.6 is 0 Å². The van der Waals surface area contributed by atoms with Crippen molar-refractivity contribution in [1.82, 2.24) is 4.98 Å². The maximum Gasteiger partial charge on any atom is 0.533 e. The second-order valence-electron chi connectivity index (χ2n) is 4.12. The Morgan fingerprint density at radius 2 is 2.11 bits per heavy atom. The summed E-state index contributed by atoms with van der Waals surface area (Å²) in [5, 5.41) is 21.3. The highest BCUT2D eigenvalue weighted by atomic mass is 16.5. The molecule has 0 radical (unpaired) electrons. The zero-order chi connectivity index (χ0) is 13.0. The van der Waals surface area contributed by atoms with Crippen LogP contribution in [0, 0.1) is 6.57 Å². The SMILES string of the molecule is [C-]#[N+]c1nc(B(O)O)ccc1NC1CCOCC1. The highest BCUT2D eigenvalue weighted by Crippen LogP contribution is 2.23. The average molecular weight is 247 g/mol. The summed E-state index contributed by atoms with van der Waals surface area (Å²) in [5.74, 6) is 0.159. The zero-order valence-corrected chi connectivity index (χ0v) is 9.83. The van der Waals surface area contributed by atoms with E-state index in [1.807, 2.05) is 0 Å². The minimum atomic E-state index is -1.65. The van der Waals surface area contributed by atoms with Gasteiger partial charge in [-0.25, -0.2) is 0 Å². The molecule has 0 bridgehead atoms. The Labute approximate surface area is 106 Å². The fraction of sp³-hybridized carbons (Fsp3) is 0.455. The van der Waals surface area contributed by atoms with Crippen LogP contribution in [0.5, 0.6) is 0 Å². The highest BCUT2D eigenvalue weighted by molar-refractivity contribution is 6.57. The molecule has 0 spiro atoms. The van der Waals surface area contributed by atoms with E-state index in [-0.39, 0.29) is 17.5 Å². The molecule has 6 nitrogen and oxygen atoms in total. The van der Waals surface area contributed by atoms with Gasteiger partial charge in [-0.2, -0.15) is 0 Å². The number of hydrogen-bond acceptors (Lipinski definition) is 5. The third kappa shape index (κ3) is 2.98. The lowest BCUT2D eigenvalue weighted by molar-refractivity contribution is 0.0904. The van der Waals surface area contributed by atoms with E-state index in [1.165, 1.54) is 6.07 Å². The topological polar surface area (TPSA) is 79.0 Å². The second kappa shape index (κ2) is 5.82. The number of anilines is 1. The first kappa shape index (κ1) is 12.8. The molecule has 94 valence electrons. The molecule has 3 N–H and O–H groups in total. The molecule has 0 aromatic carbocycles. The Hall–Kier alpha value is -1.62. The Morgan fingerprint density at radius 3 is 2.72 bits per heavy atom. The lowest BCUT2D eigenvalue weighted by Gasteiger charge is -2.24. The van der Waals surface area contributed by atoms with E-state index in [9.17, 15) is 0 Å². The number of rotatable bonds is 3. The maximum atomic E-state index is 9.01. The normalized spacial score (nSPS) is 16.1. The van der Waals surface area contributed by atoms with Crippen molar-refractivity contribution in [2.75, 3.05) is 18.5 Å². The Kier molecular flexibility index (Phi) is 4.15. The van der Waals surface area contributed by atoms with Gasteiger partial charge in [0.15, 0.2) is 5.59 Å². The fourth-order valence-corrected chi connectivity index (χ4v) is 1.87. The molecule has 2 heterocycles. The Morgan fingerprint density at radius 1 is 1.39 bits per heavy atom. The van der Waals surface area contributed by atoms with E-state index >= 15 is 0 Å². The first-order valence-corrected chi connectivity index (χ1v) is 5.79. The lowest BCUT2D eigenvalue weighted by Crippen LogP contribution is -2.33. The third-order valence-corrected chi connectivity index (χ3v) is 2.85. The molecule has 0 saturated carbocycles. The summed E-state index contributed by atoms with van der Waals surface area (Å²) in [6, 6.07) is 3.43. The summed E-state index contributed by atoms with van der Waals surface area (Å²) < 4.78 is 5.26. The Bertz CT molecular complexity index is 455. The van der Waals surface area contributed by atoms with Crippen LogP contribution in [0.2, 0.25) is 0 Å². The van der Waals surface area contributed by atoms with Crippen LogP contribution < -0.4 is 10.9 Å². The van der Waals surface area contributed by atoms with Gasteiger partial charge in [-0.1, -0.05) is 6.57 Å². The van der Waals surface area contributed by atoms with Gasteiger partial charge in [0.05, 0.1) is 5.69 Å². The quantitative estimate of drug-likeness (QED) is 0.513. The van der Waals surface area contributed by atoms with Gasteiger partial charge in [0.1, 0.15) is 0 Å². The molecule has 1 aromatic heterocycles. The van der Waals surface area contributed by atoms with Gasteiger partial charge in [0.2, 0.25) is 0 Å². The smallest absolute Gasteiger partial charge is 0.421 e. The third-order valence-electron chi connectivity index (χ3n) is 2.85. The molecular weight excluding hydrogens is 233 g/mol. The molecule has 0 unspecified atom stereocenters. The van der Waals surface area contributed by atoms with Crippen molar-refractivity contribution in [3.63, 3.8) is 0 Å². The largest absolute Gasteiger partial charge is 0.533 e. The van der Waals surface area contributed by atoms with Crippen LogP contribution in [0.1, 0.15) is 12.8 Å². The molecule has 1 aliphatic rings. The summed E-state index contributed by atoms with van der Waals surface area (Å²) >= 11 is 0. The molecule has 1 fully saturated rings. The zero-order valence-electron chi connectivity index (χ0n) is 9.83. The molecular formula is C11H14BN3O3. The molecule has 18 heavy (non-hydrogen) atoms. The van der Waals surface area contributed by atoms with Crippen molar-refractivity contribution in [2.24, 2.45) is 0 Å². The van der Waals surface area contributed by atoms with Crippen LogP contribution in [0.15, 0.2) is 12.1 Å². The molecule has 1 saturated heterocycles. The molecule has 0 amide bonds. The van der Waals surface area contributed by atoms with E-state index in [0.29, 0.717) is 18.9 Å². The summed E-state index contributed by atoms with van der Waals surface area (Å²) in [6.07, 6.45) is 1.78. The monoisotopic (exact) mass is 247 g/mol. The minimum Gasteiger partial charge on any atom is -0.421 e. The molecule has 1 aromatic rings. The number of aromatic nitrogens is 1. The van der Waals surface area contributed by atoms with Crippen LogP contribution in [0.3, 0.4) is 0 Å². The van der Waals surface area contributed by atoms with Crippen molar-refractivity contribution in [1.29, 1.82) is 0 Å². The van der Waals surface area contributed by atoms with Gasteiger partial charge in [-0.3, -0.25) is 0 Å². The number of pyridine rings is 1. The summed E-state index contributed by atoms with van der Waals surface area (Å²) in [6.45, 7) is 8.50. The van der Waals surface area contributed by atoms with Gasteiger partial charge in [-0.15, -0.1) is 4.98 Å². The van der Waals surface area contributed by atoms with Gasteiger partial charge in [-0.05, 0) is 25.0 Å². The number of nitrogens with one attached hydrogen (secondary N) is 1. The predicted octanol–water partition coefficient (Wildman–Crippen LogP) is -0.0969. The van der Waals surface area contributed by atoms with Crippen LogP contribution in [0.25, 0.3) is 4.85 Å². The predicted molar refractivity (Wildman–Crippen MR) is 67.8 cm³/mol. The van der Waals surface area contributed by atoms with Gasteiger partial charge >= 0.3 is 7.12 Å². The molecule has 1 aliphatic heterocycles. The first-order valence-electron chi connectivity index (χ1n) is 5.79. The van der Waals surface area contributed by atoms with E-state index in [4.69, 9.17) is 21.4 Å². The van der Waals surface area contributed by atoms with Crippen LogP contribution in [-0.4, -0.2) is 41.4 Å². The van der Waals surface area contributed by atoms with Crippen molar-refractivity contribution in [3.8, 4) is 0 Å². The first-order chi connectivity index (χ1) is 8.70. The van der Waals surface area contributed by atoms with Crippen LogP contribution in [-0.2, 0) is 4.74 Å². The molecule has 0 atom stereocenters. The van der Waals surface area contributed by atoms with Gasteiger partial charge < -0.3 is 24.9 Å². The Balaban J connectivity index is 2.14. The average Bonchev–Trinajstić information content (AvgIpc) is 2.40. The molecule has 0 aliphatic carbocycles. The standard InChI is InChI=1S/C11H14BN3O3/c1-13-11-9(2-3-10(15-11)12(16)17)14-8-4-6-18-7-5-8/h2-3,8,14,16-17H,4-7H2. The van der Waals surface area contributed by atoms with Crippen molar-refractivity contribution in [3.05, 3.63) is 23.5 Å². The van der Waals surface area contributed by atoms with Crippen molar-refractivity contribution in [2.45, 2.75) is 18.9 Å². The summed E-state index contributed by atoms with van der Waals surface area (Å²) in [7, 11) is -1.65. The summed E-state index contributed by atoms with van der Waals surface area (Å²) in [5.41, 5.74) is 0.708. The highest BCUT2D eigenvalue weighted by Gasteiger charge is 2.21. The van der Waals surface area contributed by atoms with E-state index in [2.05, 4.69) is 15.1 Å². The molecule has 7 heteroatoms. The minimum absolute atomic E-state index is 0.0820. The van der Waals surface area contributed by atoms with Gasteiger partial charge in [0.25, 0.3) is 5.82 Å². The van der Waals surface area contributed by atoms with Gasteiger partial charge in [0, 0.05) is 19.3 Å². The number of ether oxygens (including phenoxy) is 1. The van der Waals surface area contributed by atoms with Crippen molar-refractivity contribution >= 4 is 24.2 Å². The number of hydrogen-bond donors (Lipinski definition) is 3.